The van der Waals surface area contributed by atoms with E-state index in [-0.39, 0.29) is 5.75 Å². The molecule has 0 spiro atoms. The molecule has 1 N–H and O–H groups in total. The van der Waals surface area contributed by atoms with Gasteiger partial charge < -0.3 is 14.6 Å². The van der Waals surface area contributed by atoms with Crippen LogP contribution in [0.3, 0.4) is 0 Å². The summed E-state index contributed by atoms with van der Waals surface area (Å²) in [7, 11) is 1.66. The fraction of sp³-hybridized carbons (Fsp3) is 0.167. The molecule has 0 aliphatic heterocycles. The molecule has 0 atom stereocenters. The molecule has 0 fully saturated rings. The number of esters is 1. The van der Waals surface area contributed by atoms with Crippen molar-refractivity contribution in [3.05, 3.63) is 47.1 Å². The van der Waals surface area contributed by atoms with E-state index in [2.05, 4.69) is 15.5 Å². The molecular weight excluding hydrogens is 417 g/mol. The van der Waals surface area contributed by atoms with Gasteiger partial charge in [0, 0.05) is 7.05 Å². The summed E-state index contributed by atoms with van der Waals surface area (Å²) < 4.78 is 20.4. The van der Waals surface area contributed by atoms with Gasteiger partial charge in [-0.3, -0.25) is 9.59 Å². The van der Waals surface area contributed by atoms with Crippen molar-refractivity contribution in [1.82, 2.24) is 14.8 Å². The zero-order valence-electron chi connectivity index (χ0n) is 15.1. The molecule has 0 unspecified atom stereocenters. The molecule has 3 aromatic rings. The predicted octanol–water partition coefficient (Wildman–Crippen LogP) is 2.83. The van der Waals surface area contributed by atoms with Crippen LogP contribution in [-0.2, 0) is 21.4 Å². The molecule has 29 heavy (non-hydrogen) atoms. The minimum atomic E-state index is -0.618. The molecule has 0 radical (unpaired) electrons. The normalized spacial score (nSPS) is 10.4. The lowest BCUT2D eigenvalue weighted by atomic mass is 10.2. The molecule has 0 bridgehead atoms. The third kappa shape index (κ3) is 4.98. The van der Waals surface area contributed by atoms with Gasteiger partial charge in [0.05, 0.1) is 16.9 Å². The molecule has 11 heteroatoms. The lowest BCUT2D eigenvalue weighted by molar-refractivity contribution is -0.144. The first-order valence-electron chi connectivity index (χ1n) is 8.19. The topological polar surface area (TPSA) is 110 Å². The molecule has 1 amide bonds. The number of halogens is 1. The Balaban J connectivity index is 1.51. The van der Waals surface area contributed by atoms with Gasteiger partial charge in [0.15, 0.2) is 17.6 Å². The number of carbonyl (C=O) groups excluding carboxylic acids is 2. The van der Waals surface area contributed by atoms with Gasteiger partial charge in [-0.2, -0.15) is 5.26 Å². The van der Waals surface area contributed by atoms with Crippen LogP contribution >= 0.6 is 23.1 Å². The van der Waals surface area contributed by atoms with Gasteiger partial charge in [-0.05, 0) is 23.6 Å². The number of anilines is 1. The van der Waals surface area contributed by atoms with E-state index in [4.69, 9.17) is 10.00 Å². The van der Waals surface area contributed by atoms with Crippen LogP contribution in [0.1, 0.15) is 5.56 Å². The summed E-state index contributed by atoms with van der Waals surface area (Å²) in [6.07, 6.45) is 0. The molecule has 2 aromatic heterocycles. The predicted molar refractivity (Wildman–Crippen MR) is 106 cm³/mol. The first-order chi connectivity index (χ1) is 14.0. The second-order valence-electron chi connectivity index (χ2n) is 5.62. The van der Waals surface area contributed by atoms with Crippen LogP contribution in [0.5, 0.6) is 0 Å². The zero-order valence-corrected chi connectivity index (χ0v) is 16.7. The van der Waals surface area contributed by atoms with Gasteiger partial charge in [0.25, 0.3) is 5.91 Å². The van der Waals surface area contributed by atoms with Crippen LogP contribution in [0.25, 0.3) is 11.4 Å². The van der Waals surface area contributed by atoms with Gasteiger partial charge in [-0.1, -0.05) is 23.9 Å². The molecule has 0 saturated carbocycles. The molecule has 3 rings (SSSR count). The zero-order chi connectivity index (χ0) is 20.8. The lowest BCUT2D eigenvalue weighted by Crippen LogP contribution is -2.21. The van der Waals surface area contributed by atoms with Crippen molar-refractivity contribution < 1.29 is 18.7 Å². The first-order valence-corrected chi connectivity index (χ1v) is 10.1. The summed E-state index contributed by atoms with van der Waals surface area (Å²) in [6, 6.07) is 9.73. The minimum Gasteiger partial charge on any atom is -0.455 e. The van der Waals surface area contributed by atoms with E-state index < -0.39 is 24.3 Å². The Bertz CT molecular complexity index is 1090. The van der Waals surface area contributed by atoms with Gasteiger partial charge >= 0.3 is 5.97 Å². The van der Waals surface area contributed by atoms with E-state index in [0.717, 1.165) is 11.8 Å². The number of amides is 1. The Labute approximate surface area is 173 Å². The van der Waals surface area contributed by atoms with Crippen molar-refractivity contribution in [2.24, 2.45) is 7.05 Å². The maximum absolute atomic E-state index is 13.9. The highest BCUT2D eigenvalue weighted by atomic mass is 32.2. The Morgan fingerprint density at radius 2 is 2.14 bits per heavy atom. The SMILES string of the molecule is Cn1c(SCC(=O)OCC(=O)Nc2sccc2C#N)nnc1-c1ccccc1F. The smallest absolute Gasteiger partial charge is 0.316 e. The number of ether oxygens (including phenoxy) is 1. The lowest BCUT2D eigenvalue weighted by Gasteiger charge is -2.06. The average Bonchev–Trinajstić information content (AvgIpc) is 3.31. The number of nitriles is 1. The fourth-order valence-corrected chi connectivity index (χ4v) is 3.75. The van der Waals surface area contributed by atoms with Crippen molar-refractivity contribution in [2.75, 3.05) is 17.7 Å². The number of benzene rings is 1. The number of rotatable bonds is 7. The Kier molecular flexibility index (Phi) is 6.58. The minimum absolute atomic E-state index is 0.0982. The second-order valence-corrected chi connectivity index (χ2v) is 7.48. The molecule has 148 valence electrons. The summed E-state index contributed by atoms with van der Waals surface area (Å²) in [6.45, 7) is -0.471. The summed E-state index contributed by atoms with van der Waals surface area (Å²) in [5, 5.41) is 21.8. The van der Waals surface area contributed by atoms with Crippen LogP contribution in [-0.4, -0.2) is 39.0 Å². The Morgan fingerprint density at radius 3 is 2.90 bits per heavy atom. The number of nitrogens with one attached hydrogen (secondary N) is 1. The third-order valence-electron chi connectivity index (χ3n) is 3.67. The largest absolute Gasteiger partial charge is 0.455 e. The van der Waals surface area contributed by atoms with Crippen LogP contribution < -0.4 is 5.32 Å². The number of nitrogens with zero attached hydrogens (tertiary/aromatic N) is 4. The van der Waals surface area contributed by atoms with E-state index in [9.17, 15) is 14.0 Å². The van der Waals surface area contributed by atoms with Crippen LogP contribution in [0.2, 0.25) is 0 Å². The van der Waals surface area contributed by atoms with E-state index >= 15 is 0 Å². The Hall–Kier alpha value is -3.23. The van der Waals surface area contributed by atoms with Crippen LogP contribution in [0.4, 0.5) is 9.39 Å². The van der Waals surface area contributed by atoms with Gasteiger partial charge in [0.1, 0.15) is 16.9 Å². The van der Waals surface area contributed by atoms with E-state index in [1.807, 2.05) is 6.07 Å². The maximum Gasteiger partial charge on any atom is 0.316 e. The van der Waals surface area contributed by atoms with E-state index in [0.29, 0.717) is 27.1 Å². The quantitative estimate of drug-likeness (QED) is 0.452. The van der Waals surface area contributed by atoms with Gasteiger partial charge in [-0.25, -0.2) is 4.39 Å². The highest BCUT2D eigenvalue weighted by Gasteiger charge is 2.16. The first kappa shape index (κ1) is 20.5. The fourth-order valence-electron chi connectivity index (χ4n) is 2.29. The number of hydrogen-bond acceptors (Lipinski definition) is 8. The number of thiophene rings is 1. The number of carbonyl (C=O) groups is 2. The van der Waals surface area contributed by atoms with Crippen molar-refractivity contribution in [3.8, 4) is 17.5 Å². The molecule has 0 aliphatic carbocycles. The van der Waals surface area contributed by atoms with Crippen molar-refractivity contribution >= 4 is 40.0 Å². The Morgan fingerprint density at radius 1 is 1.34 bits per heavy atom. The molecule has 0 saturated heterocycles. The highest BCUT2D eigenvalue weighted by molar-refractivity contribution is 7.99. The molecule has 8 nitrogen and oxygen atoms in total. The number of thioether (sulfide) groups is 1. The van der Waals surface area contributed by atoms with Gasteiger partial charge in [-0.15, -0.1) is 21.5 Å². The summed E-state index contributed by atoms with van der Waals surface area (Å²) in [5.41, 5.74) is 0.650. The highest BCUT2D eigenvalue weighted by Crippen LogP contribution is 2.25. The van der Waals surface area contributed by atoms with E-state index in [1.165, 1.54) is 17.4 Å². The molecule has 0 aliphatic rings. The second kappa shape index (κ2) is 9.31. The third-order valence-corrected chi connectivity index (χ3v) is 5.50. The summed E-state index contributed by atoms with van der Waals surface area (Å²) in [5.74, 6) is -1.34. The molecule has 2 heterocycles. The van der Waals surface area contributed by atoms with Crippen LogP contribution in [0, 0.1) is 17.1 Å². The summed E-state index contributed by atoms with van der Waals surface area (Å²) >= 11 is 2.26. The number of aromatic nitrogens is 3. The molecule has 1 aromatic carbocycles. The van der Waals surface area contributed by atoms with Crippen molar-refractivity contribution in [3.63, 3.8) is 0 Å². The van der Waals surface area contributed by atoms with Crippen molar-refractivity contribution in [2.45, 2.75) is 5.16 Å². The maximum atomic E-state index is 13.9. The standard InChI is InChI=1S/C18H14FN5O3S2/c1-24-16(12-4-2-3-5-13(12)19)22-23-18(24)29-10-15(26)27-9-14(25)21-17-11(8-20)6-7-28-17/h2-7H,9-10H2,1H3,(H,21,25). The molecular formula is C18H14FN5O3S2. The van der Waals surface area contributed by atoms with E-state index in [1.54, 1.807) is 41.3 Å². The van der Waals surface area contributed by atoms with Crippen LogP contribution in [0.15, 0.2) is 40.9 Å². The van der Waals surface area contributed by atoms with Gasteiger partial charge in [0.2, 0.25) is 0 Å². The van der Waals surface area contributed by atoms with Crippen molar-refractivity contribution in [1.29, 1.82) is 5.26 Å². The monoisotopic (exact) mass is 431 g/mol. The average molecular weight is 431 g/mol. The number of hydrogen-bond donors (Lipinski definition) is 1. The summed E-state index contributed by atoms with van der Waals surface area (Å²) in [4.78, 5) is 23.7.